The van der Waals surface area contributed by atoms with Crippen LogP contribution >= 0.6 is 0 Å². The summed E-state index contributed by atoms with van der Waals surface area (Å²) < 4.78 is 5.46. The number of nitrogens with zero attached hydrogens (tertiary/aromatic N) is 2. The second-order valence-corrected chi connectivity index (χ2v) is 4.17. The maximum Gasteiger partial charge on any atom is 0.270 e. The Morgan fingerprint density at radius 1 is 1.44 bits per heavy atom. The largest absolute Gasteiger partial charge is 0.439 e. The molecule has 94 valence electrons. The van der Waals surface area contributed by atoms with E-state index in [1.54, 1.807) is 19.9 Å². The third-order valence-corrected chi connectivity index (χ3v) is 2.47. The van der Waals surface area contributed by atoms with Crippen LogP contribution in [0, 0.1) is 17.0 Å². The fraction of sp³-hybridized carbons (Fsp3) is 0.250. The molecule has 0 saturated carbocycles. The second kappa shape index (κ2) is 4.58. The molecular weight excluding hydrogens is 234 g/mol. The van der Waals surface area contributed by atoms with Crippen molar-refractivity contribution in [1.82, 2.24) is 4.98 Å². The monoisotopic (exact) mass is 247 g/mol. The number of benzene rings is 1. The molecule has 6 nitrogen and oxygen atoms in total. The van der Waals surface area contributed by atoms with Crippen LogP contribution in [-0.2, 0) is 0 Å². The first kappa shape index (κ1) is 12.3. The van der Waals surface area contributed by atoms with Crippen molar-refractivity contribution in [3.63, 3.8) is 0 Å². The van der Waals surface area contributed by atoms with Crippen LogP contribution < -0.4 is 5.73 Å². The molecule has 0 aliphatic carbocycles. The van der Waals surface area contributed by atoms with Gasteiger partial charge in [0.05, 0.1) is 17.2 Å². The maximum absolute atomic E-state index is 10.8. The minimum absolute atomic E-state index is 0.0312. The molecule has 1 aromatic heterocycles. The quantitative estimate of drug-likeness (QED) is 0.664. The standard InChI is InChI=1S/C12H13N3O3/c1-7-3-9(5-10(4-7)15(16)17)11-6-14-12(18-11)8(2)13/h3-6,8H,13H2,1-2H3. The number of hydrogen-bond donors (Lipinski definition) is 1. The van der Waals surface area contributed by atoms with E-state index in [0.717, 1.165) is 5.56 Å². The molecule has 1 atom stereocenters. The molecule has 0 radical (unpaired) electrons. The van der Waals surface area contributed by atoms with Gasteiger partial charge in [-0.1, -0.05) is 0 Å². The number of nitro groups is 1. The SMILES string of the molecule is Cc1cc(-c2cnc(C(C)N)o2)cc([N+](=O)[O-])c1. The van der Waals surface area contributed by atoms with Crippen molar-refractivity contribution in [1.29, 1.82) is 0 Å². The average Bonchev–Trinajstić information content (AvgIpc) is 2.77. The van der Waals surface area contributed by atoms with Gasteiger partial charge in [0.2, 0.25) is 5.89 Å². The van der Waals surface area contributed by atoms with Crippen molar-refractivity contribution in [3.05, 3.63) is 46.0 Å². The van der Waals surface area contributed by atoms with Crippen molar-refractivity contribution in [2.45, 2.75) is 19.9 Å². The van der Waals surface area contributed by atoms with Crippen LogP contribution in [0.4, 0.5) is 5.69 Å². The van der Waals surface area contributed by atoms with Crippen LogP contribution in [0.3, 0.4) is 0 Å². The van der Waals surface area contributed by atoms with Gasteiger partial charge in [0.15, 0.2) is 5.76 Å². The van der Waals surface area contributed by atoms with E-state index in [-0.39, 0.29) is 11.7 Å². The van der Waals surface area contributed by atoms with E-state index in [1.807, 2.05) is 0 Å². The van der Waals surface area contributed by atoms with Gasteiger partial charge in [-0.2, -0.15) is 0 Å². The third-order valence-electron chi connectivity index (χ3n) is 2.47. The highest BCUT2D eigenvalue weighted by atomic mass is 16.6. The Morgan fingerprint density at radius 3 is 2.72 bits per heavy atom. The van der Waals surface area contributed by atoms with E-state index in [9.17, 15) is 10.1 Å². The molecule has 1 aromatic carbocycles. The molecule has 2 aromatic rings. The minimum atomic E-state index is -0.431. The topological polar surface area (TPSA) is 95.2 Å². The Morgan fingerprint density at radius 2 is 2.17 bits per heavy atom. The lowest BCUT2D eigenvalue weighted by Crippen LogP contribution is -2.04. The highest BCUT2D eigenvalue weighted by Gasteiger charge is 2.14. The van der Waals surface area contributed by atoms with Gasteiger partial charge < -0.3 is 10.2 Å². The lowest BCUT2D eigenvalue weighted by molar-refractivity contribution is -0.384. The number of oxazole rings is 1. The van der Waals surface area contributed by atoms with Gasteiger partial charge in [0, 0.05) is 17.7 Å². The number of hydrogen-bond acceptors (Lipinski definition) is 5. The molecule has 18 heavy (non-hydrogen) atoms. The zero-order chi connectivity index (χ0) is 13.3. The lowest BCUT2D eigenvalue weighted by atomic mass is 10.1. The number of nitro benzene ring substituents is 1. The van der Waals surface area contributed by atoms with E-state index >= 15 is 0 Å². The Kier molecular flexibility index (Phi) is 3.12. The van der Waals surface area contributed by atoms with Gasteiger partial charge in [-0.15, -0.1) is 0 Å². The average molecular weight is 247 g/mol. The van der Waals surface area contributed by atoms with Crippen LogP contribution in [0.25, 0.3) is 11.3 Å². The molecule has 0 saturated heterocycles. The van der Waals surface area contributed by atoms with Gasteiger partial charge in [-0.25, -0.2) is 4.98 Å². The van der Waals surface area contributed by atoms with Crippen LogP contribution in [0.2, 0.25) is 0 Å². The zero-order valence-corrected chi connectivity index (χ0v) is 10.1. The Balaban J connectivity index is 2.46. The zero-order valence-electron chi connectivity index (χ0n) is 10.1. The van der Waals surface area contributed by atoms with E-state index < -0.39 is 4.92 Å². The normalized spacial score (nSPS) is 12.4. The van der Waals surface area contributed by atoms with Crippen molar-refractivity contribution >= 4 is 5.69 Å². The highest BCUT2D eigenvalue weighted by molar-refractivity contribution is 5.61. The van der Waals surface area contributed by atoms with E-state index in [2.05, 4.69) is 4.98 Å². The van der Waals surface area contributed by atoms with Gasteiger partial charge in [0.25, 0.3) is 5.69 Å². The minimum Gasteiger partial charge on any atom is -0.439 e. The molecule has 1 unspecified atom stereocenters. The predicted molar refractivity (Wildman–Crippen MR) is 65.9 cm³/mol. The molecular formula is C12H13N3O3. The number of aryl methyl sites for hydroxylation is 1. The van der Waals surface area contributed by atoms with Gasteiger partial charge in [-0.3, -0.25) is 10.1 Å². The molecule has 0 bridgehead atoms. The summed E-state index contributed by atoms with van der Waals surface area (Å²) in [7, 11) is 0. The summed E-state index contributed by atoms with van der Waals surface area (Å²) in [5.74, 6) is 0.892. The van der Waals surface area contributed by atoms with Crippen molar-refractivity contribution < 1.29 is 9.34 Å². The number of non-ortho nitro benzene ring substituents is 1. The molecule has 0 aliphatic heterocycles. The van der Waals surface area contributed by atoms with E-state index in [4.69, 9.17) is 10.2 Å². The number of rotatable bonds is 3. The molecule has 0 fully saturated rings. The number of nitrogens with two attached hydrogens (primary N) is 1. The molecule has 2 rings (SSSR count). The summed E-state index contributed by atoms with van der Waals surface area (Å²) >= 11 is 0. The van der Waals surface area contributed by atoms with Gasteiger partial charge in [-0.05, 0) is 25.5 Å². The summed E-state index contributed by atoms with van der Waals surface area (Å²) in [6, 6.07) is 4.46. The summed E-state index contributed by atoms with van der Waals surface area (Å²) in [5.41, 5.74) is 7.10. The predicted octanol–water partition coefficient (Wildman–Crippen LogP) is 2.58. The van der Waals surface area contributed by atoms with Crippen LogP contribution in [0.5, 0.6) is 0 Å². The van der Waals surface area contributed by atoms with Crippen LogP contribution in [-0.4, -0.2) is 9.91 Å². The highest BCUT2D eigenvalue weighted by Crippen LogP contribution is 2.27. The summed E-state index contributed by atoms with van der Waals surface area (Å²) in [5, 5.41) is 10.8. The van der Waals surface area contributed by atoms with Crippen molar-refractivity contribution in [2.24, 2.45) is 5.73 Å². The fourth-order valence-electron chi connectivity index (χ4n) is 1.64. The van der Waals surface area contributed by atoms with Gasteiger partial charge >= 0.3 is 0 Å². The molecule has 0 aliphatic rings. The van der Waals surface area contributed by atoms with E-state index in [0.29, 0.717) is 17.2 Å². The van der Waals surface area contributed by atoms with Crippen LogP contribution in [0.1, 0.15) is 24.4 Å². The maximum atomic E-state index is 10.8. The molecule has 1 heterocycles. The Bertz CT molecular complexity index is 590. The van der Waals surface area contributed by atoms with Crippen LogP contribution in [0.15, 0.2) is 28.8 Å². The summed E-state index contributed by atoms with van der Waals surface area (Å²) in [6.07, 6.45) is 1.52. The molecule has 0 spiro atoms. The lowest BCUT2D eigenvalue weighted by Gasteiger charge is -2.00. The molecule has 6 heteroatoms. The first-order valence-electron chi connectivity index (χ1n) is 5.45. The van der Waals surface area contributed by atoms with E-state index in [1.165, 1.54) is 18.3 Å². The molecule has 0 amide bonds. The second-order valence-electron chi connectivity index (χ2n) is 4.17. The fourth-order valence-corrected chi connectivity index (χ4v) is 1.64. The number of aromatic nitrogens is 1. The first-order chi connectivity index (χ1) is 8.47. The first-order valence-corrected chi connectivity index (χ1v) is 5.45. The Hall–Kier alpha value is -2.21. The summed E-state index contributed by atoms with van der Waals surface area (Å²) in [6.45, 7) is 3.55. The smallest absolute Gasteiger partial charge is 0.270 e. The summed E-state index contributed by atoms with van der Waals surface area (Å²) in [4.78, 5) is 14.4. The van der Waals surface area contributed by atoms with Gasteiger partial charge in [0.1, 0.15) is 0 Å². The van der Waals surface area contributed by atoms with Crippen molar-refractivity contribution in [3.8, 4) is 11.3 Å². The Labute approximate surface area is 104 Å². The molecule has 2 N–H and O–H groups in total. The van der Waals surface area contributed by atoms with Crippen molar-refractivity contribution in [2.75, 3.05) is 0 Å². The third kappa shape index (κ3) is 2.38.